The summed E-state index contributed by atoms with van der Waals surface area (Å²) in [5, 5.41) is 0. The fraction of sp³-hybridized carbons (Fsp3) is 0.667. The molecule has 6 nitrogen and oxygen atoms in total. The summed E-state index contributed by atoms with van der Waals surface area (Å²) >= 11 is 0. The van der Waals surface area contributed by atoms with E-state index in [1.807, 2.05) is 0 Å². The summed E-state index contributed by atoms with van der Waals surface area (Å²) in [5.74, 6) is 6.88. The molecule has 2 heterocycles. The van der Waals surface area contributed by atoms with Crippen molar-refractivity contribution >= 4 is 11.6 Å². The van der Waals surface area contributed by atoms with E-state index in [2.05, 4.69) is 20.3 Å². The van der Waals surface area contributed by atoms with E-state index < -0.39 is 0 Å². The molecule has 18 heavy (non-hydrogen) atoms. The zero-order valence-electron chi connectivity index (χ0n) is 10.4. The first kappa shape index (κ1) is 11.7. The van der Waals surface area contributed by atoms with Gasteiger partial charge in [-0.25, -0.2) is 10.8 Å². The Balaban J connectivity index is 1.84. The van der Waals surface area contributed by atoms with Crippen LogP contribution < -0.4 is 16.2 Å². The Bertz CT molecular complexity index is 411. The first-order chi connectivity index (χ1) is 8.88. The van der Waals surface area contributed by atoms with Crippen molar-refractivity contribution in [2.24, 2.45) is 5.84 Å². The van der Waals surface area contributed by atoms with Crippen LogP contribution in [0.4, 0.5) is 11.6 Å². The number of hydrazine groups is 1. The van der Waals surface area contributed by atoms with E-state index in [9.17, 15) is 0 Å². The summed E-state index contributed by atoms with van der Waals surface area (Å²) in [6.45, 7) is 1.65. The minimum absolute atomic E-state index is 0.351. The number of nitrogens with two attached hydrogens (primary N) is 1. The number of anilines is 2. The lowest BCUT2D eigenvalue weighted by Gasteiger charge is -2.44. The van der Waals surface area contributed by atoms with Gasteiger partial charge in [-0.3, -0.25) is 4.98 Å². The maximum atomic E-state index is 5.86. The van der Waals surface area contributed by atoms with Gasteiger partial charge in [0, 0.05) is 6.54 Å². The van der Waals surface area contributed by atoms with Crippen LogP contribution in [-0.2, 0) is 4.74 Å². The highest BCUT2D eigenvalue weighted by atomic mass is 16.5. The molecule has 0 bridgehead atoms. The molecule has 1 aliphatic carbocycles. The Morgan fingerprint density at radius 2 is 2.22 bits per heavy atom. The van der Waals surface area contributed by atoms with Crippen molar-refractivity contribution < 1.29 is 4.74 Å². The number of morpholine rings is 1. The van der Waals surface area contributed by atoms with E-state index in [1.165, 1.54) is 19.3 Å². The van der Waals surface area contributed by atoms with Crippen molar-refractivity contribution in [1.29, 1.82) is 0 Å². The smallest absolute Gasteiger partial charge is 0.160 e. The third kappa shape index (κ3) is 2.13. The topological polar surface area (TPSA) is 76.3 Å². The second-order valence-corrected chi connectivity index (χ2v) is 4.86. The van der Waals surface area contributed by atoms with Gasteiger partial charge in [-0.1, -0.05) is 12.8 Å². The Kier molecular flexibility index (Phi) is 3.29. The zero-order chi connectivity index (χ0) is 12.4. The van der Waals surface area contributed by atoms with E-state index in [-0.39, 0.29) is 0 Å². The lowest BCUT2D eigenvalue weighted by atomic mass is 9.90. The number of fused-ring (bicyclic) bond motifs is 1. The second-order valence-electron chi connectivity index (χ2n) is 4.86. The lowest BCUT2D eigenvalue weighted by molar-refractivity contribution is -0.00900. The van der Waals surface area contributed by atoms with E-state index in [4.69, 9.17) is 10.6 Å². The Labute approximate surface area is 107 Å². The molecule has 1 saturated carbocycles. The molecule has 0 amide bonds. The normalized spacial score (nSPS) is 27.7. The minimum atomic E-state index is 0.351. The molecule has 6 heteroatoms. The largest absolute Gasteiger partial charge is 0.374 e. The highest BCUT2D eigenvalue weighted by Gasteiger charge is 2.34. The van der Waals surface area contributed by atoms with E-state index in [0.717, 1.165) is 25.4 Å². The fourth-order valence-electron chi connectivity index (χ4n) is 2.94. The van der Waals surface area contributed by atoms with Gasteiger partial charge < -0.3 is 15.1 Å². The number of nitrogen functional groups attached to an aromatic ring is 1. The van der Waals surface area contributed by atoms with Gasteiger partial charge in [-0.15, -0.1) is 0 Å². The summed E-state index contributed by atoms with van der Waals surface area (Å²) < 4.78 is 5.86. The quantitative estimate of drug-likeness (QED) is 0.599. The highest BCUT2D eigenvalue weighted by Crippen LogP contribution is 2.31. The zero-order valence-corrected chi connectivity index (χ0v) is 10.4. The summed E-state index contributed by atoms with van der Waals surface area (Å²) in [5.41, 5.74) is 2.55. The van der Waals surface area contributed by atoms with Crippen LogP contribution in [-0.4, -0.2) is 35.3 Å². The average Bonchev–Trinajstić information content (AvgIpc) is 2.47. The molecular formula is C12H19N5O. The molecule has 2 unspecified atom stereocenters. The molecule has 3 N–H and O–H groups in total. The number of nitrogens with zero attached hydrogens (tertiary/aromatic N) is 3. The summed E-state index contributed by atoms with van der Waals surface area (Å²) in [4.78, 5) is 11.0. The number of hydrogen-bond acceptors (Lipinski definition) is 6. The van der Waals surface area contributed by atoms with Gasteiger partial charge in [0.1, 0.15) is 5.82 Å². The van der Waals surface area contributed by atoms with Crippen molar-refractivity contribution in [1.82, 2.24) is 9.97 Å². The molecular weight excluding hydrogens is 230 g/mol. The molecule has 2 fully saturated rings. The molecule has 1 aromatic rings. The number of ether oxygens (including phenoxy) is 1. The summed E-state index contributed by atoms with van der Waals surface area (Å²) in [6.07, 6.45) is 8.65. The lowest BCUT2D eigenvalue weighted by Crippen LogP contribution is -2.53. The number of nitrogens with one attached hydrogen (secondary N) is 1. The standard InChI is InChI=1S/C12H19N5O/c13-16-11-7-14-8-12(15-11)17-5-6-18-10-4-2-1-3-9(10)17/h7-10H,1-6,13H2,(H,15,16). The first-order valence-corrected chi connectivity index (χ1v) is 6.55. The van der Waals surface area contributed by atoms with Gasteiger partial charge in [0.25, 0.3) is 0 Å². The highest BCUT2D eigenvalue weighted by molar-refractivity contribution is 5.44. The molecule has 0 radical (unpaired) electrons. The van der Waals surface area contributed by atoms with Crippen LogP contribution in [0.5, 0.6) is 0 Å². The van der Waals surface area contributed by atoms with Crippen LogP contribution >= 0.6 is 0 Å². The maximum absolute atomic E-state index is 5.86. The molecule has 0 aromatic carbocycles. The summed E-state index contributed by atoms with van der Waals surface area (Å²) in [7, 11) is 0. The van der Waals surface area contributed by atoms with Crippen LogP contribution in [0.3, 0.4) is 0 Å². The molecule has 98 valence electrons. The molecule has 2 aliphatic rings. The minimum Gasteiger partial charge on any atom is -0.374 e. The Morgan fingerprint density at radius 3 is 3.11 bits per heavy atom. The third-order valence-corrected chi connectivity index (χ3v) is 3.80. The first-order valence-electron chi connectivity index (χ1n) is 6.55. The van der Waals surface area contributed by atoms with Crippen molar-refractivity contribution in [2.75, 3.05) is 23.5 Å². The van der Waals surface area contributed by atoms with Gasteiger partial charge in [0.05, 0.1) is 31.1 Å². The van der Waals surface area contributed by atoms with Gasteiger partial charge in [-0.2, -0.15) is 0 Å². The Hall–Kier alpha value is -1.40. The van der Waals surface area contributed by atoms with E-state index in [1.54, 1.807) is 12.4 Å². The fourth-order valence-corrected chi connectivity index (χ4v) is 2.94. The number of hydrogen-bond donors (Lipinski definition) is 2. The van der Waals surface area contributed by atoms with Crippen LogP contribution in [0.15, 0.2) is 12.4 Å². The van der Waals surface area contributed by atoms with Crippen molar-refractivity contribution in [3.63, 3.8) is 0 Å². The predicted molar refractivity (Wildman–Crippen MR) is 69.2 cm³/mol. The monoisotopic (exact) mass is 249 g/mol. The maximum Gasteiger partial charge on any atom is 0.160 e. The van der Waals surface area contributed by atoms with Gasteiger partial charge in [0.15, 0.2) is 5.82 Å². The van der Waals surface area contributed by atoms with Gasteiger partial charge in [0.2, 0.25) is 0 Å². The molecule has 1 aromatic heterocycles. The van der Waals surface area contributed by atoms with Crippen LogP contribution in [0, 0.1) is 0 Å². The van der Waals surface area contributed by atoms with Crippen LogP contribution in [0.25, 0.3) is 0 Å². The van der Waals surface area contributed by atoms with Crippen molar-refractivity contribution in [3.8, 4) is 0 Å². The van der Waals surface area contributed by atoms with Crippen LogP contribution in [0.1, 0.15) is 25.7 Å². The average molecular weight is 249 g/mol. The van der Waals surface area contributed by atoms with E-state index in [0.29, 0.717) is 18.0 Å². The SMILES string of the molecule is NNc1cncc(N2CCOC3CCCCC32)n1. The second kappa shape index (κ2) is 5.07. The van der Waals surface area contributed by atoms with Gasteiger partial charge >= 0.3 is 0 Å². The third-order valence-electron chi connectivity index (χ3n) is 3.80. The Morgan fingerprint density at radius 1 is 1.33 bits per heavy atom. The number of aromatic nitrogens is 2. The summed E-state index contributed by atoms with van der Waals surface area (Å²) in [6, 6.07) is 0.440. The molecule has 1 aliphatic heterocycles. The van der Waals surface area contributed by atoms with E-state index >= 15 is 0 Å². The predicted octanol–water partition coefficient (Wildman–Crippen LogP) is 0.910. The molecule has 0 spiro atoms. The number of rotatable bonds is 2. The van der Waals surface area contributed by atoms with Crippen molar-refractivity contribution in [2.45, 2.75) is 37.8 Å². The molecule has 3 rings (SSSR count). The van der Waals surface area contributed by atoms with Crippen molar-refractivity contribution in [3.05, 3.63) is 12.4 Å². The molecule has 2 atom stereocenters. The molecule has 1 saturated heterocycles. The van der Waals surface area contributed by atoms with Crippen LogP contribution in [0.2, 0.25) is 0 Å². The van der Waals surface area contributed by atoms with Gasteiger partial charge in [-0.05, 0) is 12.8 Å².